The topological polar surface area (TPSA) is 41.1 Å². The van der Waals surface area contributed by atoms with E-state index in [1.165, 1.54) is 6.07 Å². The van der Waals surface area contributed by atoms with E-state index in [4.69, 9.17) is 0 Å². The van der Waals surface area contributed by atoms with Crippen molar-refractivity contribution >= 4 is 21.8 Å². The van der Waals surface area contributed by atoms with Crippen molar-refractivity contribution in [3.63, 3.8) is 0 Å². The summed E-state index contributed by atoms with van der Waals surface area (Å²) in [5.41, 5.74) is 0.992. The second-order valence-corrected chi connectivity index (χ2v) is 5.37. The van der Waals surface area contributed by atoms with Gasteiger partial charge in [-0.15, -0.1) is 0 Å². The molecular weight excluding hydrogens is 299 g/mol. The van der Waals surface area contributed by atoms with E-state index in [0.717, 1.165) is 18.4 Å². The summed E-state index contributed by atoms with van der Waals surface area (Å²) in [6.45, 7) is 1.27. The van der Waals surface area contributed by atoms with Gasteiger partial charge < -0.3 is 10.6 Å². The van der Waals surface area contributed by atoms with Crippen LogP contribution in [0, 0.1) is 5.82 Å². The first-order valence-electron chi connectivity index (χ1n) is 6.09. The number of hydrogen-bond donors (Lipinski definition) is 2. The molecule has 1 aromatic carbocycles. The second kappa shape index (κ2) is 6.29. The zero-order valence-electron chi connectivity index (χ0n) is 10.0. The fourth-order valence-electron chi connectivity index (χ4n) is 1.61. The highest BCUT2D eigenvalue weighted by Crippen LogP contribution is 2.18. The highest BCUT2D eigenvalue weighted by atomic mass is 79.9. The van der Waals surface area contributed by atoms with Gasteiger partial charge in [0.15, 0.2) is 0 Å². The van der Waals surface area contributed by atoms with Crippen LogP contribution in [-0.4, -0.2) is 18.5 Å². The molecule has 0 atom stereocenters. The molecule has 18 heavy (non-hydrogen) atoms. The van der Waals surface area contributed by atoms with Gasteiger partial charge in [0.25, 0.3) is 0 Å². The van der Waals surface area contributed by atoms with Crippen LogP contribution in [0.2, 0.25) is 0 Å². The molecule has 3 nitrogen and oxygen atoms in total. The fourth-order valence-corrected chi connectivity index (χ4v) is 2.04. The second-order valence-electron chi connectivity index (χ2n) is 4.52. The van der Waals surface area contributed by atoms with Crippen molar-refractivity contribution in [2.75, 3.05) is 6.54 Å². The molecule has 0 aliphatic heterocycles. The Labute approximate surface area is 114 Å². The third-order valence-electron chi connectivity index (χ3n) is 2.78. The highest BCUT2D eigenvalue weighted by molar-refractivity contribution is 9.10. The SMILES string of the molecule is O=C(CCNCc1ccc(F)c(Br)c1)NC1CC1. The number of hydrogen-bond acceptors (Lipinski definition) is 2. The summed E-state index contributed by atoms with van der Waals surface area (Å²) in [5.74, 6) is -0.159. The molecule has 2 N–H and O–H groups in total. The van der Waals surface area contributed by atoms with Gasteiger partial charge in [-0.25, -0.2) is 4.39 Å². The van der Waals surface area contributed by atoms with Crippen LogP contribution in [0.3, 0.4) is 0 Å². The molecule has 98 valence electrons. The van der Waals surface area contributed by atoms with Crippen LogP contribution in [0.5, 0.6) is 0 Å². The summed E-state index contributed by atoms with van der Waals surface area (Å²) in [7, 11) is 0. The standard InChI is InChI=1S/C13H16BrFN2O/c14-11-7-9(1-4-12(11)15)8-16-6-5-13(18)17-10-2-3-10/h1,4,7,10,16H,2-3,5-6,8H2,(H,17,18). The molecule has 5 heteroatoms. The smallest absolute Gasteiger partial charge is 0.221 e. The van der Waals surface area contributed by atoms with Gasteiger partial charge in [-0.1, -0.05) is 6.07 Å². The van der Waals surface area contributed by atoms with Gasteiger partial charge in [-0.3, -0.25) is 4.79 Å². The number of rotatable bonds is 6. The van der Waals surface area contributed by atoms with Crippen LogP contribution in [0.4, 0.5) is 4.39 Å². The first-order valence-corrected chi connectivity index (χ1v) is 6.88. The van der Waals surface area contributed by atoms with E-state index in [1.807, 2.05) is 0 Å². The number of amides is 1. The van der Waals surface area contributed by atoms with Crippen molar-refractivity contribution < 1.29 is 9.18 Å². The Morgan fingerprint density at radius 3 is 2.89 bits per heavy atom. The van der Waals surface area contributed by atoms with E-state index in [2.05, 4.69) is 26.6 Å². The van der Waals surface area contributed by atoms with E-state index in [-0.39, 0.29) is 11.7 Å². The number of halogens is 2. The van der Waals surface area contributed by atoms with Crippen molar-refractivity contribution in [2.24, 2.45) is 0 Å². The predicted octanol–water partition coefficient (Wildman–Crippen LogP) is 2.35. The normalized spacial score (nSPS) is 14.6. The molecule has 1 aliphatic rings. The Bertz CT molecular complexity index is 435. The largest absolute Gasteiger partial charge is 0.353 e. The summed E-state index contributed by atoms with van der Waals surface area (Å²) < 4.78 is 13.5. The lowest BCUT2D eigenvalue weighted by Gasteiger charge is -2.06. The van der Waals surface area contributed by atoms with Crippen LogP contribution in [0.15, 0.2) is 22.7 Å². The third-order valence-corrected chi connectivity index (χ3v) is 3.39. The van der Waals surface area contributed by atoms with E-state index < -0.39 is 0 Å². The molecule has 1 saturated carbocycles. The van der Waals surface area contributed by atoms with Crippen molar-refractivity contribution in [1.82, 2.24) is 10.6 Å². The number of carbonyl (C=O) groups is 1. The maximum atomic E-state index is 13.0. The Morgan fingerprint density at radius 2 is 2.22 bits per heavy atom. The summed E-state index contributed by atoms with van der Waals surface area (Å²) in [6.07, 6.45) is 2.71. The van der Waals surface area contributed by atoms with Crippen LogP contribution < -0.4 is 10.6 Å². The lowest BCUT2D eigenvalue weighted by atomic mass is 10.2. The van der Waals surface area contributed by atoms with Crippen LogP contribution in [0.25, 0.3) is 0 Å². The van der Waals surface area contributed by atoms with Crippen molar-refractivity contribution in [3.8, 4) is 0 Å². The maximum Gasteiger partial charge on any atom is 0.221 e. The molecule has 1 aromatic rings. The lowest BCUT2D eigenvalue weighted by Crippen LogP contribution is -2.29. The van der Waals surface area contributed by atoms with Gasteiger partial charge in [0.2, 0.25) is 5.91 Å². The van der Waals surface area contributed by atoms with E-state index in [1.54, 1.807) is 12.1 Å². The molecule has 0 radical (unpaired) electrons. The Kier molecular flexibility index (Phi) is 4.72. The summed E-state index contributed by atoms with van der Waals surface area (Å²) >= 11 is 3.15. The van der Waals surface area contributed by atoms with Crippen LogP contribution in [0.1, 0.15) is 24.8 Å². The van der Waals surface area contributed by atoms with Gasteiger partial charge in [0.05, 0.1) is 4.47 Å². The maximum absolute atomic E-state index is 13.0. The minimum atomic E-state index is -0.262. The zero-order valence-corrected chi connectivity index (χ0v) is 11.6. The Hall–Kier alpha value is -0.940. The van der Waals surface area contributed by atoms with Gasteiger partial charge in [-0.05, 0) is 46.5 Å². The van der Waals surface area contributed by atoms with Crippen molar-refractivity contribution in [3.05, 3.63) is 34.1 Å². The molecule has 0 aromatic heterocycles. The zero-order chi connectivity index (χ0) is 13.0. The summed E-state index contributed by atoms with van der Waals surface area (Å²) in [4.78, 5) is 11.4. The molecule has 2 rings (SSSR count). The van der Waals surface area contributed by atoms with E-state index >= 15 is 0 Å². The minimum Gasteiger partial charge on any atom is -0.353 e. The average Bonchev–Trinajstić information content (AvgIpc) is 3.13. The summed E-state index contributed by atoms with van der Waals surface area (Å²) in [6, 6.07) is 5.33. The molecule has 1 amide bonds. The molecule has 1 aliphatic carbocycles. The first kappa shape index (κ1) is 13.5. The van der Waals surface area contributed by atoms with Crippen molar-refractivity contribution in [2.45, 2.75) is 31.8 Å². The quantitative estimate of drug-likeness (QED) is 0.791. The van der Waals surface area contributed by atoms with Gasteiger partial charge in [0, 0.05) is 25.6 Å². The summed E-state index contributed by atoms with van der Waals surface area (Å²) in [5, 5.41) is 6.10. The first-order chi connectivity index (χ1) is 8.65. The Balaban J connectivity index is 1.64. The predicted molar refractivity (Wildman–Crippen MR) is 71.6 cm³/mol. The molecule has 0 unspecified atom stereocenters. The fraction of sp³-hybridized carbons (Fsp3) is 0.462. The molecule has 1 fully saturated rings. The molecule has 0 bridgehead atoms. The molecular formula is C13H16BrFN2O. The van der Waals surface area contributed by atoms with Crippen LogP contribution in [-0.2, 0) is 11.3 Å². The van der Waals surface area contributed by atoms with Gasteiger partial charge in [-0.2, -0.15) is 0 Å². The third kappa shape index (κ3) is 4.38. The Morgan fingerprint density at radius 1 is 1.44 bits per heavy atom. The lowest BCUT2D eigenvalue weighted by molar-refractivity contribution is -0.121. The van der Waals surface area contributed by atoms with Gasteiger partial charge in [0.1, 0.15) is 5.82 Å². The average molecular weight is 315 g/mol. The monoisotopic (exact) mass is 314 g/mol. The van der Waals surface area contributed by atoms with Crippen molar-refractivity contribution in [1.29, 1.82) is 0 Å². The molecule has 0 heterocycles. The highest BCUT2D eigenvalue weighted by Gasteiger charge is 2.22. The number of benzene rings is 1. The van der Waals surface area contributed by atoms with E-state index in [9.17, 15) is 9.18 Å². The molecule has 0 spiro atoms. The van der Waals surface area contributed by atoms with Gasteiger partial charge >= 0.3 is 0 Å². The molecule has 0 saturated heterocycles. The minimum absolute atomic E-state index is 0.102. The van der Waals surface area contributed by atoms with Crippen LogP contribution >= 0.6 is 15.9 Å². The van der Waals surface area contributed by atoms with E-state index in [0.29, 0.717) is 30.0 Å². The number of carbonyl (C=O) groups excluding carboxylic acids is 1. The number of nitrogens with one attached hydrogen (secondary N) is 2.